The predicted octanol–water partition coefficient (Wildman–Crippen LogP) is 2.11. The fraction of sp³-hybridized carbons (Fsp3) is 0.895. The van der Waals surface area contributed by atoms with E-state index in [4.69, 9.17) is 9.47 Å². The van der Waals surface area contributed by atoms with E-state index in [1.807, 2.05) is 20.9 Å². The van der Waals surface area contributed by atoms with Gasteiger partial charge in [-0.05, 0) is 32.1 Å². The number of ether oxygens (including phenoxy) is 2. The number of nitrogens with zero attached hydrogens (tertiary/aromatic N) is 1. The lowest BCUT2D eigenvalue weighted by Crippen LogP contribution is -2.56. The lowest BCUT2D eigenvalue weighted by molar-refractivity contribution is -0.143. The maximum atomic E-state index is 12.3. The Balaban J connectivity index is 1.66. The van der Waals surface area contributed by atoms with Crippen LogP contribution in [0.4, 0.5) is 0 Å². The summed E-state index contributed by atoms with van der Waals surface area (Å²) in [6.07, 6.45) is 5.40. The Hall–Kier alpha value is -1.14. The van der Waals surface area contributed by atoms with Crippen LogP contribution in [0.5, 0.6) is 0 Å². The summed E-state index contributed by atoms with van der Waals surface area (Å²) in [4.78, 5) is 26.4. The van der Waals surface area contributed by atoms with E-state index in [0.29, 0.717) is 13.2 Å². The van der Waals surface area contributed by atoms with Crippen LogP contribution in [0.25, 0.3) is 0 Å². The third kappa shape index (κ3) is 5.68. The van der Waals surface area contributed by atoms with Crippen LogP contribution in [-0.2, 0) is 19.1 Å². The fourth-order valence-corrected chi connectivity index (χ4v) is 3.48. The molecule has 1 saturated heterocycles. The van der Waals surface area contributed by atoms with E-state index in [2.05, 4.69) is 12.2 Å². The van der Waals surface area contributed by atoms with Gasteiger partial charge in [0.2, 0.25) is 11.8 Å². The van der Waals surface area contributed by atoms with Crippen molar-refractivity contribution in [2.24, 2.45) is 5.41 Å². The van der Waals surface area contributed by atoms with Crippen molar-refractivity contribution < 1.29 is 19.1 Å². The van der Waals surface area contributed by atoms with Crippen LogP contribution in [-0.4, -0.2) is 61.8 Å². The minimum Gasteiger partial charge on any atom is -0.381 e. The molecule has 0 atom stereocenters. The molecule has 1 saturated carbocycles. The monoisotopic (exact) mass is 354 g/mol. The molecule has 0 bridgehead atoms. The first-order valence-corrected chi connectivity index (χ1v) is 9.59. The first-order chi connectivity index (χ1) is 11.8. The minimum absolute atomic E-state index is 0.0209. The Bertz CT molecular complexity index is 454. The molecule has 2 aliphatic rings. The SMILES string of the molecule is CCCC(C)(C)C(=O)NC1CC(N(C)C(=O)COC2CCOCC2)C1. The number of carbonyl (C=O) groups is 2. The number of carbonyl (C=O) groups excluding carboxylic acids is 2. The topological polar surface area (TPSA) is 67.9 Å². The standard InChI is InChI=1S/C19H34N2O4/c1-5-8-19(2,3)18(23)20-14-11-15(12-14)21(4)17(22)13-25-16-6-9-24-10-7-16/h14-16H,5-13H2,1-4H3,(H,20,23). The second-order valence-corrected chi connectivity index (χ2v) is 8.06. The zero-order valence-corrected chi connectivity index (χ0v) is 16.2. The van der Waals surface area contributed by atoms with Crippen LogP contribution in [0.3, 0.4) is 0 Å². The largest absolute Gasteiger partial charge is 0.381 e. The second-order valence-electron chi connectivity index (χ2n) is 8.06. The van der Waals surface area contributed by atoms with Crippen LogP contribution >= 0.6 is 0 Å². The number of hydrogen-bond acceptors (Lipinski definition) is 4. The van der Waals surface area contributed by atoms with Crippen molar-refractivity contribution in [3.63, 3.8) is 0 Å². The van der Waals surface area contributed by atoms with Crippen LogP contribution in [0, 0.1) is 5.41 Å². The van der Waals surface area contributed by atoms with Gasteiger partial charge in [0.15, 0.2) is 0 Å². The van der Waals surface area contributed by atoms with Gasteiger partial charge >= 0.3 is 0 Å². The smallest absolute Gasteiger partial charge is 0.248 e. The molecule has 144 valence electrons. The zero-order valence-electron chi connectivity index (χ0n) is 16.2. The molecular formula is C19H34N2O4. The third-order valence-electron chi connectivity index (χ3n) is 5.49. The minimum atomic E-state index is -0.320. The van der Waals surface area contributed by atoms with Crippen molar-refractivity contribution in [2.75, 3.05) is 26.9 Å². The van der Waals surface area contributed by atoms with Crippen LogP contribution < -0.4 is 5.32 Å². The van der Waals surface area contributed by atoms with E-state index in [1.54, 1.807) is 4.90 Å². The van der Waals surface area contributed by atoms with Crippen LogP contribution in [0.15, 0.2) is 0 Å². The third-order valence-corrected chi connectivity index (χ3v) is 5.49. The quantitative estimate of drug-likeness (QED) is 0.725. The van der Waals surface area contributed by atoms with Gasteiger partial charge in [0.05, 0.1) is 6.10 Å². The molecule has 0 aromatic rings. The molecule has 1 aliphatic carbocycles. The van der Waals surface area contributed by atoms with E-state index < -0.39 is 0 Å². The van der Waals surface area contributed by atoms with Gasteiger partial charge in [0.1, 0.15) is 6.61 Å². The summed E-state index contributed by atoms with van der Waals surface area (Å²) in [5.41, 5.74) is -0.320. The maximum absolute atomic E-state index is 12.3. The average Bonchev–Trinajstić information content (AvgIpc) is 2.55. The Morgan fingerprint density at radius 3 is 2.48 bits per heavy atom. The Kier molecular flexibility index (Phi) is 7.25. The van der Waals surface area contributed by atoms with Crippen LogP contribution in [0.2, 0.25) is 0 Å². The number of likely N-dealkylation sites (N-methyl/N-ethyl adjacent to an activating group) is 1. The van der Waals surface area contributed by atoms with Crippen molar-refractivity contribution in [2.45, 2.75) is 77.5 Å². The van der Waals surface area contributed by atoms with Crippen molar-refractivity contribution in [3.05, 3.63) is 0 Å². The lowest BCUT2D eigenvalue weighted by atomic mass is 9.82. The molecule has 1 N–H and O–H groups in total. The van der Waals surface area contributed by atoms with Crippen molar-refractivity contribution in [3.8, 4) is 0 Å². The van der Waals surface area contributed by atoms with Crippen molar-refractivity contribution >= 4 is 11.8 Å². The highest BCUT2D eigenvalue weighted by molar-refractivity contribution is 5.82. The van der Waals surface area contributed by atoms with E-state index in [0.717, 1.165) is 38.5 Å². The molecule has 25 heavy (non-hydrogen) atoms. The summed E-state index contributed by atoms with van der Waals surface area (Å²) in [6, 6.07) is 0.380. The zero-order chi connectivity index (χ0) is 18.4. The highest BCUT2D eigenvalue weighted by atomic mass is 16.5. The van der Waals surface area contributed by atoms with Gasteiger partial charge in [0.25, 0.3) is 0 Å². The number of nitrogens with one attached hydrogen (secondary N) is 1. The van der Waals surface area contributed by atoms with Gasteiger partial charge in [-0.15, -0.1) is 0 Å². The van der Waals surface area contributed by atoms with Gasteiger partial charge < -0.3 is 19.7 Å². The number of amides is 2. The number of rotatable bonds is 8. The van der Waals surface area contributed by atoms with Gasteiger partial charge in [-0.2, -0.15) is 0 Å². The average molecular weight is 354 g/mol. The first kappa shape index (κ1) is 20.2. The van der Waals surface area contributed by atoms with Gasteiger partial charge in [-0.1, -0.05) is 27.2 Å². The Labute approximate surface area is 151 Å². The molecule has 2 amide bonds. The molecule has 1 heterocycles. The summed E-state index contributed by atoms with van der Waals surface area (Å²) in [7, 11) is 1.83. The predicted molar refractivity (Wildman–Crippen MR) is 96.2 cm³/mol. The molecule has 2 rings (SSSR count). The number of hydrogen-bond donors (Lipinski definition) is 1. The summed E-state index contributed by atoms with van der Waals surface area (Å²) < 4.78 is 11.0. The lowest BCUT2D eigenvalue weighted by Gasteiger charge is -2.42. The molecular weight excluding hydrogens is 320 g/mol. The summed E-state index contributed by atoms with van der Waals surface area (Å²) in [5.74, 6) is 0.141. The fourth-order valence-electron chi connectivity index (χ4n) is 3.48. The Morgan fingerprint density at radius 2 is 1.88 bits per heavy atom. The summed E-state index contributed by atoms with van der Waals surface area (Å²) >= 11 is 0. The van der Waals surface area contributed by atoms with Gasteiger partial charge in [-0.3, -0.25) is 9.59 Å². The van der Waals surface area contributed by atoms with E-state index in [-0.39, 0.29) is 42.0 Å². The molecule has 6 nitrogen and oxygen atoms in total. The molecule has 0 spiro atoms. The molecule has 2 fully saturated rings. The van der Waals surface area contributed by atoms with Crippen molar-refractivity contribution in [1.82, 2.24) is 10.2 Å². The van der Waals surface area contributed by atoms with E-state index in [9.17, 15) is 9.59 Å². The molecule has 6 heteroatoms. The van der Waals surface area contributed by atoms with Gasteiger partial charge in [0, 0.05) is 37.8 Å². The molecule has 0 radical (unpaired) electrons. The van der Waals surface area contributed by atoms with E-state index >= 15 is 0 Å². The summed E-state index contributed by atoms with van der Waals surface area (Å²) in [6.45, 7) is 7.65. The normalized spacial score (nSPS) is 24.5. The molecule has 0 aromatic carbocycles. The maximum Gasteiger partial charge on any atom is 0.248 e. The van der Waals surface area contributed by atoms with Crippen molar-refractivity contribution in [1.29, 1.82) is 0 Å². The highest BCUT2D eigenvalue weighted by Gasteiger charge is 2.37. The molecule has 0 aromatic heterocycles. The molecule has 1 aliphatic heterocycles. The highest BCUT2D eigenvalue weighted by Crippen LogP contribution is 2.28. The second kappa shape index (κ2) is 8.99. The molecule has 0 unspecified atom stereocenters. The van der Waals surface area contributed by atoms with E-state index in [1.165, 1.54) is 0 Å². The Morgan fingerprint density at radius 1 is 1.24 bits per heavy atom. The van der Waals surface area contributed by atoms with Gasteiger partial charge in [-0.25, -0.2) is 0 Å². The summed E-state index contributed by atoms with van der Waals surface area (Å²) in [5, 5.41) is 3.13. The first-order valence-electron chi connectivity index (χ1n) is 9.59. The van der Waals surface area contributed by atoms with Crippen LogP contribution in [0.1, 0.15) is 59.3 Å².